The third-order valence-corrected chi connectivity index (χ3v) is 3.37. The van der Waals surface area contributed by atoms with Gasteiger partial charge in [-0.2, -0.15) is 0 Å². The van der Waals surface area contributed by atoms with Gasteiger partial charge >= 0.3 is 0 Å². The van der Waals surface area contributed by atoms with E-state index in [0.717, 1.165) is 18.4 Å². The molecule has 2 heteroatoms. The Morgan fingerprint density at radius 3 is 2.27 bits per heavy atom. The van der Waals surface area contributed by atoms with Gasteiger partial charge in [-0.1, -0.05) is 20.8 Å². The van der Waals surface area contributed by atoms with Crippen LogP contribution in [0.3, 0.4) is 0 Å². The van der Waals surface area contributed by atoms with Gasteiger partial charge in [-0.05, 0) is 51.1 Å². The van der Waals surface area contributed by atoms with Gasteiger partial charge in [0.2, 0.25) is 0 Å². The van der Waals surface area contributed by atoms with Gasteiger partial charge in [0.05, 0.1) is 0 Å². The molecule has 0 radical (unpaired) electrons. The highest BCUT2D eigenvalue weighted by Gasteiger charge is 2.28. The highest BCUT2D eigenvalue weighted by molar-refractivity contribution is 4.85. The first-order chi connectivity index (χ1) is 7.13. The summed E-state index contributed by atoms with van der Waals surface area (Å²) in [5.41, 5.74) is 5.97. The lowest BCUT2D eigenvalue weighted by molar-refractivity contribution is 0.238. The van der Waals surface area contributed by atoms with E-state index in [1.54, 1.807) is 0 Å². The van der Waals surface area contributed by atoms with Crippen LogP contribution in [-0.2, 0) is 0 Å². The Bertz CT molecular complexity index is 164. The van der Waals surface area contributed by atoms with Crippen molar-refractivity contribution >= 4 is 0 Å². The monoisotopic (exact) mass is 212 g/mol. The summed E-state index contributed by atoms with van der Waals surface area (Å²) >= 11 is 0. The van der Waals surface area contributed by atoms with Gasteiger partial charge in [0, 0.05) is 12.1 Å². The predicted molar refractivity (Wildman–Crippen MR) is 66.9 cm³/mol. The SMILES string of the molecule is CCC(N)CCN(CCC(C)C)C1CC1. The Morgan fingerprint density at radius 2 is 1.80 bits per heavy atom. The lowest BCUT2D eigenvalue weighted by Crippen LogP contribution is -2.33. The third-order valence-electron chi connectivity index (χ3n) is 3.37. The van der Waals surface area contributed by atoms with E-state index in [1.165, 1.54) is 38.8 Å². The summed E-state index contributed by atoms with van der Waals surface area (Å²) < 4.78 is 0. The van der Waals surface area contributed by atoms with Crippen molar-refractivity contribution in [3.63, 3.8) is 0 Å². The summed E-state index contributed by atoms with van der Waals surface area (Å²) in [5.74, 6) is 0.825. The molecule has 1 aliphatic carbocycles. The molecule has 90 valence electrons. The lowest BCUT2D eigenvalue weighted by atomic mass is 10.1. The fraction of sp³-hybridized carbons (Fsp3) is 1.00. The maximum atomic E-state index is 5.97. The van der Waals surface area contributed by atoms with Gasteiger partial charge in [0.15, 0.2) is 0 Å². The first kappa shape index (κ1) is 13.0. The fourth-order valence-corrected chi connectivity index (χ4v) is 1.88. The average Bonchev–Trinajstić information content (AvgIpc) is 3.00. The van der Waals surface area contributed by atoms with Crippen LogP contribution in [0, 0.1) is 5.92 Å². The number of nitrogens with two attached hydrogens (primary N) is 1. The fourth-order valence-electron chi connectivity index (χ4n) is 1.88. The normalized spacial score (nSPS) is 18.8. The zero-order chi connectivity index (χ0) is 11.3. The minimum atomic E-state index is 0.408. The molecule has 0 aromatic heterocycles. The summed E-state index contributed by atoms with van der Waals surface area (Å²) in [7, 11) is 0. The van der Waals surface area contributed by atoms with Crippen LogP contribution in [0.4, 0.5) is 0 Å². The highest BCUT2D eigenvalue weighted by Crippen LogP contribution is 2.27. The second-order valence-electron chi connectivity index (χ2n) is 5.41. The molecule has 0 aromatic carbocycles. The number of rotatable bonds is 8. The summed E-state index contributed by atoms with van der Waals surface area (Å²) in [6.07, 6.45) is 6.45. The van der Waals surface area contributed by atoms with E-state index in [2.05, 4.69) is 25.7 Å². The van der Waals surface area contributed by atoms with Crippen molar-refractivity contribution in [3.05, 3.63) is 0 Å². The molecule has 1 aliphatic rings. The minimum Gasteiger partial charge on any atom is -0.328 e. The molecule has 1 fully saturated rings. The standard InChI is InChI=1S/C13H28N2/c1-4-12(14)8-10-15(13-5-6-13)9-7-11(2)3/h11-13H,4-10,14H2,1-3H3. The van der Waals surface area contributed by atoms with E-state index in [4.69, 9.17) is 5.73 Å². The molecule has 1 rings (SSSR count). The molecular formula is C13H28N2. The topological polar surface area (TPSA) is 29.3 Å². The van der Waals surface area contributed by atoms with Crippen LogP contribution < -0.4 is 5.73 Å². The Morgan fingerprint density at radius 1 is 1.20 bits per heavy atom. The first-order valence-electron chi connectivity index (χ1n) is 6.63. The molecule has 0 spiro atoms. The quantitative estimate of drug-likeness (QED) is 0.670. The van der Waals surface area contributed by atoms with E-state index < -0.39 is 0 Å². The Kier molecular flexibility index (Phi) is 5.62. The van der Waals surface area contributed by atoms with Crippen molar-refractivity contribution < 1.29 is 0 Å². The molecule has 0 amide bonds. The first-order valence-corrected chi connectivity index (χ1v) is 6.63. The zero-order valence-electron chi connectivity index (χ0n) is 10.7. The van der Waals surface area contributed by atoms with Crippen molar-refractivity contribution in [2.75, 3.05) is 13.1 Å². The highest BCUT2D eigenvalue weighted by atomic mass is 15.2. The maximum Gasteiger partial charge on any atom is 0.00964 e. The summed E-state index contributed by atoms with van der Waals surface area (Å²) in [6.45, 7) is 9.29. The summed E-state index contributed by atoms with van der Waals surface area (Å²) in [4.78, 5) is 2.66. The predicted octanol–water partition coefficient (Wildman–Crippen LogP) is 2.62. The third kappa shape index (κ3) is 5.53. The van der Waals surface area contributed by atoms with Crippen molar-refractivity contribution in [2.45, 2.75) is 65.0 Å². The van der Waals surface area contributed by atoms with Crippen LogP contribution in [0.1, 0.15) is 52.9 Å². The minimum absolute atomic E-state index is 0.408. The average molecular weight is 212 g/mol. The Labute approximate surface area is 95.2 Å². The van der Waals surface area contributed by atoms with Gasteiger partial charge in [0.1, 0.15) is 0 Å². The molecule has 0 heterocycles. The van der Waals surface area contributed by atoms with Crippen molar-refractivity contribution in [1.82, 2.24) is 4.90 Å². The van der Waals surface area contributed by atoms with Crippen LogP contribution in [0.2, 0.25) is 0 Å². The maximum absolute atomic E-state index is 5.97. The molecule has 2 N–H and O–H groups in total. The molecule has 0 aromatic rings. The molecule has 15 heavy (non-hydrogen) atoms. The molecular weight excluding hydrogens is 184 g/mol. The molecule has 0 bridgehead atoms. The van der Waals surface area contributed by atoms with Gasteiger partial charge < -0.3 is 10.6 Å². The van der Waals surface area contributed by atoms with Gasteiger partial charge in [-0.15, -0.1) is 0 Å². The number of hydrogen-bond acceptors (Lipinski definition) is 2. The molecule has 0 aliphatic heterocycles. The Balaban J connectivity index is 2.18. The van der Waals surface area contributed by atoms with E-state index in [0.29, 0.717) is 6.04 Å². The molecule has 1 saturated carbocycles. The zero-order valence-corrected chi connectivity index (χ0v) is 10.7. The van der Waals surface area contributed by atoms with E-state index in [9.17, 15) is 0 Å². The molecule has 2 nitrogen and oxygen atoms in total. The van der Waals surface area contributed by atoms with Crippen LogP contribution in [0.25, 0.3) is 0 Å². The smallest absolute Gasteiger partial charge is 0.00964 e. The largest absolute Gasteiger partial charge is 0.328 e. The van der Waals surface area contributed by atoms with Crippen LogP contribution in [0.15, 0.2) is 0 Å². The van der Waals surface area contributed by atoms with Crippen molar-refractivity contribution in [3.8, 4) is 0 Å². The van der Waals surface area contributed by atoms with E-state index >= 15 is 0 Å². The number of hydrogen-bond donors (Lipinski definition) is 1. The van der Waals surface area contributed by atoms with Crippen LogP contribution in [0.5, 0.6) is 0 Å². The molecule has 1 unspecified atom stereocenters. The van der Waals surface area contributed by atoms with Crippen LogP contribution >= 0.6 is 0 Å². The van der Waals surface area contributed by atoms with Crippen LogP contribution in [-0.4, -0.2) is 30.1 Å². The molecule has 0 saturated heterocycles. The summed E-state index contributed by atoms with van der Waals surface area (Å²) in [5, 5.41) is 0. The second kappa shape index (κ2) is 6.49. The van der Waals surface area contributed by atoms with Crippen molar-refractivity contribution in [2.24, 2.45) is 11.7 Å². The number of nitrogens with zero attached hydrogens (tertiary/aromatic N) is 1. The van der Waals surface area contributed by atoms with Crippen molar-refractivity contribution in [1.29, 1.82) is 0 Å². The Hall–Kier alpha value is -0.0800. The van der Waals surface area contributed by atoms with E-state index in [1.807, 2.05) is 0 Å². The second-order valence-corrected chi connectivity index (χ2v) is 5.41. The lowest BCUT2D eigenvalue weighted by Gasteiger charge is -2.24. The van der Waals surface area contributed by atoms with Gasteiger partial charge in [-0.25, -0.2) is 0 Å². The van der Waals surface area contributed by atoms with E-state index in [-0.39, 0.29) is 0 Å². The van der Waals surface area contributed by atoms with Gasteiger partial charge in [-0.3, -0.25) is 0 Å². The summed E-state index contributed by atoms with van der Waals surface area (Å²) in [6, 6.07) is 1.30. The molecule has 1 atom stereocenters. The van der Waals surface area contributed by atoms with Gasteiger partial charge in [0.25, 0.3) is 0 Å².